The molecule has 0 aromatic carbocycles. The monoisotopic (exact) mass is 232 g/mol. The number of esters is 1. The SMILES string of the molecule is CCOC(=O)C1=CN=C(C)C(C#N)[C@H]1C1CC1. The van der Waals surface area contributed by atoms with Gasteiger partial charge >= 0.3 is 5.97 Å². The van der Waals surface area contributed by atoms with Crippen molar-refractivity contribution in [1.29, 1.82) is 5.26 Å². The van der Waals surface area contributed by atoms with Crippen molar-refractivity contribution < 1.29 is 9.53 Å². The van der Waals surface area contributed by atoms with Crippen LogP contribution >= 0.6 is 0 Å². The Labute approximate surface area is 101 Å². The van der Waals surface area contributed by atoms with E-state index in [1.54, 1.807) is 13.1 Å². The first-order chi connectivity index (χ1) is 8.19. The Morgan fingerprint density at radius 2 is 2.35 bits per heavy atom. The van der Waals surface area contributed by atoms with Crippen molar-refractivity contribution in [1.82, 2.24) is 0 Å². The number of aliphatic imine (C=N–C) groups is 1. The lowest BCUT2D eigenvalue weighted by molar-refractivity contribution is -0.139. The molecule has 2 aliphatic rings. The average molecular weight is 232 g/mol. The molecule has 90 valence electrons. The second-order valence-electron chi connectivity index (χ2n) is 4.55. The Morgan fingerprint density at radius 1 is 1.65 bits per heavy atom. The fourth-order valence-corrected chi connectivity index (χ4v) is 2.34. The van der Waals surface area contributed by atoms with Gasteiger partial charge < -0.3 is 4.74 Å². The predicted molar refractivity (Wildman–Crippen MR) is 63.1 cm³/mol. The van der Waals surface area contributed by atoms with Crippen LogP contribution in [0, 0.1) is 29.1 Å². The molecule has 4 heteroatoms. The third-order valence-corrected chi connectivity index (χ3v) is 3.36. The normalized spacial score (nSPS) is 27.8. The highest BCUT2D eigenvalue weighted by atomic mass is 16.5. The van der Waals surface area contributed by atoms with Crippen molar-refractivity contribution in [2.24, 2.45) is 22.7 Å². The van der Waals surface area contributed by atoms with Gasteiger partial charge in [0.05, 0.1) is 24.2 Å². The van der Waals surface area contributed by atoms with Crippen LogP contribution in [0.4, 0.5) is 0 Å². The van der Waals surface area contributed by atoms with Crippen molar-refractivity contribution in [2.75, 3.05) is 6.61 Å². The smallest absolute Gasteiger partial charge is 0.335 e. The summed E-state index contributed by atoms with van der Waals surface area (Å²) in [4.78, 5) is 16.0. The minimum Gasteiger partial charge on any atom is -0.463 e. The molecule has 0 aromatic heterocycles. The summed E-state index contributed by atoms with van der Waals surface area (Å²) in [5.41, 5.74) is 1.38. The van der Waals surface area contributed by atoms with Gasteiger partial charge in [0.1, 0.15) is 0 Å². The summed E-state index contributed by atoms with van der Waals surface area (Å²) in [6.45, 7) is 3.99. The van der Waals surface area contributed by atoms with Crippen molar-refractivity contribution in [3.63, 3.8) is 0 Å². The van der Waals surface area contributed by atoms with Gasteiger partial charge in [-0.25, -0.2) is 4.79 Å². The van der Waals surface area contributed by atoms with Gasteiger partial charge in [-0.1, -0.05) is 0 Å². The zero-order valence-electron chi connectivity index (χ0n) is 10.1. The molecule has 0 N–H and O–H groups in total. The van der Waals surface area contributed by atoms with E-state index in [4.69, 9.17) is 4.74 Å². The highest BCUT2D eigenvalue weighted by Gasteiger charge is 2.44. The number of carbonyl (C=O) groups is 1. The first-order valence-corrected chi connectivity index (χ1v) is 6.00. The standard InChI is InChI=1S/C13H16N2O2/c1-3-17-13(16)11-7-15-8(2)10(6-14)12(11)9-4-5-9/h7,9-10,12H,3-5H2,1-2H3/t10?,12-/m1/s1. The second kappa shape index (κ2) is 4.70. The van der Waals surface area contributed by atoms with Gasteiger partial charge in [-0.2, -0.15) is 5.26 Å². The summed E-state index contributed by atoms with van der Waals surface area (Å²) in [5, 5.41) is 9.23. The molecule has 1 unspecified atom stereocenters. The van der Waals surface area contributed by atoms with Gasteiger partial charge in [-0.15, -0.1) is 0 Å². The minimum absolute atomic E-state index is 0.0171. The number of nitriles is 1. The average Bonchev–Trinajstić information content (AvgIpc) is 3.12. The van der Waals surface area contributed by atoms with Crippen LogP contribution in [0.1, 0.15) is 26.7 Å². The van der Waals surface area contributed by atoms with Crippen LogP contribution in [0.25, 0.3) is 0 Å². The highest BCUT2D eigenvalue weighted by molar-refractivity contribution is 5.96. The number of nitrogens with zero attached hydrogens (tertiary/aromatic N) is 2. The predicted octanol–water partition coefficient (Wildman–Crippen LogP) is 2.07. The summed E-state index contributed by atoms with van der Waals surface area (Å²) in [5.74, 6) is -0.162. The molecular weight excluding hydrogens is 216 g/mol. The molecule has 0 amide bonds. The summed E-state index contributed by atoms with van der Waals surface area (Å²) in [7, 11) is 0. The molecule has 0 bridgehead atoms. The first-order valence-electron chi connectivity index (χ1n) is 6.00. The largest absolute Gasteiger partial charge is 0.463 e. The summed E-state index contributed by atoms with van der Waals surface area (Å²) in [6.07, 6.45) is 3.77. The van der Waals surface area contributed by atoms with Crippen molar-refractivity contribution in [3.05, 3.63) is 11.8 Å². The Kier molecular flexibility index (Phi) is 3.28. The molecule has 2 rings (SSSR count). The second-order valence-corrected chi connectivity index (χ2v) is 4.55. The van der Waals surface area contributed by atoms with E-state index in [-0.39, 0.29) is 17.8 Å². The van der Waals surface area contributed by atoms with E-state index in [1.807, 2.05) is 6.92 Å². The fourth-order valence-electron chi connectivity index (χ4n) is 2.34. The zero-order valence-corrected chi connectivity index (χ0v) is 10.1. The van der Waals surface area contributed by atoms with Crippen molar-refractivity contribution >= 4 is 11.7 Å². The van der Waals surface area contributed by atoms with Gasteiger partial charge in [-0.3, -0.25) is 4.99 Å². The number of ether oxygens (including phenoxy) is 1. The number of carbonyl (C=O) groups excluding carboxylic acids is 1. The maximum atomic E-state index is 11.8. The topological polar surface area (TPSA) is 62.4 Å². The summed E-state index contributed by atoms with van der Waals surface area (Å²) >= 11 is 0. The van der Waals surface area contributed by atoms with Crippen molar-refractivity contribution in [2.45, 2.75) is 26.7 Å². The third-order valence-electron chi connectivity index (χ3n) is 3.36. The number of rotatable bonds is 3. The van der Waals surface area contributed by atoms with Crippen LogP contribution < -0.4 is 0 Å². The van der Waals surface area contributed by atoms with Gasteiger partial charge in [0, 0.05) is 17.8 Å². The lowest BCUT2D eigenvalue weighted by atomic mass is 9.79. The van der Waals surface area contributed by atoms with Crippen LogP contribution in [-0.2, 0) is 9.53 Å². The summed E-state index contributed by atoms with van der Waals surface area (Å²) in [6, 6.07) is 2.27. The van der Waals surface area contributed by atoms with E-state index in [2.05, 4.69) is 11.1 Å². The van der Waals surface area contributed by atoms with Crippen molar-refractivity contribution in [3.8, 4) is 6.07 Å². The van der Waals surface area contributed by atoms with Gasteiger partial charge in [0.25, 0.3) is 0 Å². The molecule has 1 fully saturated rings. The molecule has 1 heterocycles. The lowest BCUT2D eigenvalue weighted by Gasteiger charge is -2.26. The maximum Gasteiger partial charge on any atom is 0.335 e. The van der Waals surface area contributed by atoms with E-state index < -0.39 is 0 Å². The molecule has 1 saturated carbocycles. The Bertz CT molecular complexity index is 427. The molecule has 4 nitrogen and oxygen atoms in total. The fraction of sp³-hybridized carbons (Fsp3) is 0.615. The van der Waals surface area contributed by atoms with Crippen LogP contribution in [0.2, 0.25) is 0 Å². The van der Waals surface area contributed by atoms with E-state index in [0.29, 0.717) is 18.1 Å². The Hall–Kier alpha value is -1.63. The molecule has 0 spiro atoms. The van der Waals surface area contributed by atoms with Crippen LogP contribution in [0.3, 0.4) is 0 Å². The molecule has 2 atom stereocenters. The summed E-state index contributed by atoms with van der Waals surface area (Å²) < 4.78 is 5.03. The van der Waals surface area contributed by atoms with Gasteiger partial charge in [0.2, 0.25) is 0 Å². The molecule has 0 radical (unpaired) electrons. The van der Waals surface area contributed by atoms with E-state index in [0.717, 1.165) is 18.6 Å². The quantitative estimate of drug-likeness (QED) is 0.700. The number of hydrogen-bond donors (Lipinski definition) is 0. The minimum atomic E-state index is -0.319. The zero-order chi connectivity index (χ0) is 12.4. The maximum absolute atomic E-state index is 11.8. The number of hydrogen-bond acceptors (Lipinski definition) is 4. The molecule has 0 saturated heterocycles. The Morgan fingerprint density at radius 3 is 2.88 bits per heavy atom. The van der Waals surface area contributed by atoms with E-state index in [1.165, 1.54) is 0 Å². The first kappa shape index (κ1) is 11.8. The molecule has 1 aliphatic heterocycles. The highest BCUT2D eigenvalue weighted by Crippen LogP contribution is 2.46. The van der Waals surface area contributed by atoms with E-state index >= 15 is 0 Å². The van der Waals surface area contributed by atoms with Crippen LogP contribution in [-0.4, -0.2) is 18.3 Å². The van der Waals surface area contributed by atoms with Gasteiger partial charge in [-0.05, 0) is 32.6 Å². The third kappa shape index (κ3) is 2.23. The van der Waals surface area contributed by atoms with E-state index in [9.17, 15) is 10.1 Å². The lowest BCUT2D eigenvalue weighted by Crippen LogP contribution is -2.30. The molecule has 0 aromatic rings. The van der Waals surface area contributed by atoms with Gasteiger partial charge in [0.15, 0.2) is 0 Å². The Balaban J connectivity index is 2.28. The molecule has 17 heavy (non-hydrogen) atoms. The van der Waals surface area contributed by atoms with Crippen LogP contribution in [0.15, 0.2) is 16.8 Å². The van der Waals surface area contributed by atoms with Crippen LogP contribution in [0.5, 0.6) is 0 Å². The molecule has 1 aliphatic carbocycles. The molecular formula is C13H16N2O2.